The molecule has 0 saturated heterocycles. The largest absolute Gasteiger partial charge is 0.373 e. The molecular formula is C18H28N2O. The van der Waals surface area contributed by atoms with Gasteiger partial charge in [0.05, 0.1) is 0 Å². The average Bonchev–Trinajstić information content (AvgIpc) is 2.89. The third-order valence-electron chi connectivity index (χ3n) is 4.10. The Labute approximate surface area is 128 Å². The molecule has 0 spiro atoms. The molecule has 0 aromatic heterocycles. The molecular weight excluding hydrogens is 260 g/mol. The smallest absolute Gasteiger partial charge is 0.242 e. The minimum absolute atomic E-state index is 0.0941. The van der Waals surface area contributed by atoms with Crippen molar-refractivity contribution in [1.82, 2.24) is 5.32 Å². The number of hydrogen-bond acceptors (Lipinski definition) is 2. The number of rotatable bonds is 8. The van der Waals surface area contributed by atoms with E-state index < -0.39 is 0 Å². The van der Waals surface area contributed by atoms with Gasteiger partial charge < -0.3 is 10.6 Å². The van der Waals surface area contributed by atoms with Crippen molar-refractivity contribution in [1.29, 1.82) is 0 Å². The van der Waals surface area contributed by atoms with Gasteiger partial charge in [0.1, 0.15) is 6.04 Å². The van der Waals surface area contributed by atoms with Crippen molar-refractivity contribution in [2.75, 3.05) is 11.9 Å². The number of carbonyl (C=O) groups is 1. The highest BCUT2D eigenvalue weighted by atomic mass is 16.2. The van der Waals surface area contributed by atoms with Crippen molar-refractivity contribution in [2.45, 2.75) is 58.4 Å². The topological polar surface area (TPSA) is 41.1 Å². The molecule has 1 aliphatic heterocycles. The van der Waals surface area contributed by atoms with Crippen LogP contribution in [0, 0.1) is 5.92 Å². The Hall–Kier alpha value is -1.51. The fraction of sp³-hybridized carbons (Fsp3) is 0.611. The third kappa shape index (κ3) is 5.07. The highest BCUT2D eigenvalue weighted by Gasteiger charge is 2.25. The van der Waals surface area contributed by atoms with Gasteiger partial charge in [-0.15, -0.1) is 0 Å². The van der Waals surface area contributed by atoms with E-state index in [4.69, 9.17) is 0 Å². The quantitative estimate of drug-likeness (QED) is 0.715. The number of unbranched alkanes of at least 4 members (excludes halogenated alkanes) is 3. The number of carbonyl (C=O) groups excluding carboxylic acids is 1. The van der Waals surface area contributed by atoms with Gasteiger partial charge in [-0.25, -0.2) is 0 Å². The van der Waals surface area contributed by atoms with Crippen LogP contribution in [0.1, 0.15) is 51.5 Å². The van der Waals surface area contributed by atoms with Crippen molar-refractivity contribution < 1.29 is 4.79 Å². The third-order valence-corrected chi connectivity index (χ3v) is 4.10. The predicted octanol–water partition coefficient (Wildman–Crippen LogP) is 3.75. The molecule has 21 heavy (non-hydrogen) atoms. The van der Waals surface area contributed by atoms with E-state index in [9.17, 15) is 4.79 Å². The van der Waals surface area contributed by atoms with Gasteiger partial charge in [-0.3, -0.25) is 4.79 Å². The van der Waals surface area contributed by atoms with E-state index in [0.717, 1.165) is 31.0 Å². The summed E-state index contributed by atoms with van der Waals surface area (Å²) in [6, 6.07) is 8.06. The van der Waals surface area contributed by atoms with Crippen LogP contribution in [-0.4, -0.2) is 18.5 Å². The number of hydrogen-bond donors (Lipinski definition) is 2. The molecule has 3 heteroatoms. The second-order valence-corrected chi connectivity index (χ2v) is 6.45. The van der Waals surface area contributed by atoms with Crippen molar-refractivity contribution in [3.63, 3.8) is 0 Å². The van der Waals surface area contributed by atoms with Gasteiger partial charge in [-0.1, -0.05) is 57.7 Å². The first-order valence-corrected chi connectivity index (χ1v) is 8.29. The molecule has 1 unspecified atom stereocenters. The lowest BCUT2D eigenvalue weighted by atomic mass is 10.0. The summed E-state index contributed by atoms with van der Waals surface area (Å²) in [5.74, 6) is 0.938. The zero-order valence-corrected chi connectivity index (χ0v) is 13.3. The number of nitrogens with one attached hydrogen (secondary N) is 2. The lowest BCUT2D eigenvalue weighted by molar-refractivity contribution is -0.121. The molecule has 0 aliphatic carbocycles. The number of amides is 1. The first-order valence-electron chi connectivity index (χ1n) is 8.29. The van der Waals surface area contributed by atoms with Crippen LogP contribution < -0.4 is 10.6 Å². The summed E-state index contributed by atoms with van der Waals surface area (Å²) in [5.41, 5.74) is 2.35. The lowest BCUT2D eigenvalue weighted by Crippen LogP contribution is -2.38. The molecule has 2 rings (SSSR count). The number of para-hydroxylation sites is 1. The maximum absolute atomic E-state index is 12.1. The molecule has 1 aromatic carbocycles. The van der Waals surface area contributed by atoms with Crippen LogP contribution in [0.4, 0.5) is 5.69 Å². The maximum atomic E-state index is 12.1. The van der Waals surface area contributed by atoms with E-state index in [1.54, 1.807) is 0 Å². The SMILES string of the molecule is CC(C)CCCCCCNC(=O)C1Cc2ccccc2N1. The minimum atomic E-state index is -0.0941. The normalized spacial score (nSPS) is 16.6. The van der Waals surface area contributed by atoms with Gasteiger partial charge >= 0.3 is 0 Å². The summed E-state index contributed by atoms with van der Waals surface area (Å²) < 4.78 is 0. The lowest BCUT2D eigenvalue weighted by Gasteiger charge is -2.12. The molecule has 1 aromatic rings. The van der Waals surface area contributed by atoms with Crippen LogP contribution in [0.3, 0.4) is 0 Å². The fourth-order valence-electron chi connectivity index (χ4n) is 2.82. The predicted molar refractivity (Wildman–Crippen MR) is 88.5 cm³/mol. The van der Waals surface area contributed by atoms with E-state index in [-0.39, 0.29) is 11.9 Å². The fourth-order valence-corrected chi connectivity index (χ4v) is 2.82. The van der Waals surface area contributed by atoms with Crippen molar-refractivity contribution in [3.05, 3.63) is 29.8 Å². The zero-order chi connectivity index (χ0) is 15.1. The van der Waals surface area contributed by atoms with Crippen LogP contribution in [-0.2, 0) is 11.2 Å². The van der Waals surface area contributed by atoms with Crippen molar-refractivity contribution >= 4 is 11.6 Å². The minimum Gasteiger partial charge on any atom is -0.373 e. The first kappa shape index (κ1) is 15.9. The number of fused-ring (bicyclic) bond motifs is 1. The second-order valence-electron chi connectivity index (χ2n) is 6.45. The summed E-state index contributed by atoms with van der Waals surface area (Å²) in [4.78, 5) is 12.1. The van der Waals surface area contributed by atoms with Gasteiger partial charge in [0.25, 0.3) is 0 Å². The van der Waals surface area contributed by atoms with Crippen molar-refractivity contribution in [3.8, 4) is 0 Å². The highest BCUT2D eigenvalue weighted by molar-refractivity contribution is 5.87. The second kappa shape index (κ2) is 8.06. The number of benzene rings is 1. The van der Waals surface area contributed by atoms with Crippen molar-refractivity contribution in [2.24, 2.45) is 5.92 Å². The van der Waals surface area contributed by atoms with E-state index >= 15 is 0 Å². The summed E-state index contributed by atoms with van der Waals surface area (Å²) in [6.07, 6.45) is 7.01. The van der Waals surface area contributed by atoms with Crippen LogP contribution >= 0.6 is 0 Å². The summed E-state index contributed by atoms with van der Waals surface area (Å²) in [6.45, 7) is 5.34. The van der Waals surface area contributed by atoms with E-state index in [0.29, 0.717) is 0 Å². The molecule has 1 heterocycles. The molecule has 0 radical (unpaired) electrons. The molecule has 0 fully saturated rings. The van der Waals surface area contributed by atoms with E-state index in [1.165, 1.54) is 31.2 Å². The molecule has 1 aliphatic rings. The molecule has 116 valence electrons. The van der Waals surface area contributed by atoms with Gasteiger partial charge in [-0.2, -0.15) is 0 Å². The van der Waals surface area contributed by atoms with Crippen LogP contribution in [0.25, 0.3) is 0 Å². The average molecular weight is 288 g/mol. The molecule has 3 nitrogen and oxygen atoms in total. The Kier molecular flexibility index (Phi) is 6.09. The summed E-state index contributed by atoms with van der Waals surface area (Å²) in [5, 5.41) is 6.35. The molecule has 0 bridgehead atoms. The summed E-state index contributed by atoms with van der Waals surface area (Å²) in [7, 11) is 0. The van der Waals surface area contributed by atoms with Crippen LogP contribution in [0.15, 0.2) is 24.3 Å². The van der Waals surface area contributed by atoms with Gasteiger partial charge in [0, 0.05) is 18.7 Å². The molecule has 0 saturated carbocycles. The zero-order valence-electron chi connectivity index (χ0n) is 13.3. The van der Waals surface area contributed by atoms with Gasteiger partial charge in [0.2, 0.25) is 5.91 Å². The Bertz CT molecular complexity index is 431. The highest BCUT2D eigenvalue weighted by Crippen LogP contribution is 2.25. The standard InChI is InChI=1S/C18H28N2O/c1-14(2)9-5-3-4-8-12-19-18(21)17-13-15-10-6-7-11-16(15)20-17/h6-7,10-11,14,17,20H,3-5,8-9,12-13H2,1-2H3,(H,19,21). The molecule has 1 atom stereocenters. The van der Waals surface area contributed by atoms with Gasteiger partial charge in [-0.05, 0) is 24.0 Å². The molecule has 1 amide bonds. The Morgan fingerprint density at radius 2 is 2.00 bits per heavy atom. The van der Waals surface area contributed by atoms with E-state index in [2.05, 4.69) is 30.5 Å². The van der Waals surface area contributed by atoms with Crippen LogP contribution in [0.2, 0.25) is 0 Å². The Balaban J connectivity index is 1.57. The summed E-state index contributed by atoms with van der Waals surface area (Å²) >= 11 is 0. The molecule has 2 N–H and O–H groups in total. The number of anilines is 1. The first-order chi connectivity index (χ1) is 10.2. The maximum Gasteiger partial charge on any atom is 0.242 e. The Morgan fingerprint density at radius 3 is 2.76 bits per heavy atom. The van der Waals surface area contributed by atoms with Crippen LogP contribution in [0.5, 0.6) is 0 Å². The van der Waals surface area contributed by atoms with Gasteiger partial charge in [0.15, 0.2) is 0 Å². The Morgan fingerprint density at radius 1 is 1.24 bits per heavy atom. The van der Waals surface area contributed by atoms with E-state index in [1.807, 2.05) is 18.2 Å². The monoisotopic (exact) mass is 288 g/mol.